The van der Waals surface area contributed by atoms with Crippen LogP contribution in [0.5, 0.6) is 5.75 Å². The number of methoxy groups -OCH3 is 1. The summed E-state index contributed by atoms with van der Waals surface area (Å²) < 4.78 is 5.29. The summed E-state index contributed by atoms with van der Waals surface area (Å²) in [4.78, 5) is 14.7. The van der Waals surface area contributed by atoms with Crippen LogP contribution >= 0.6 is 0 Å². The second kappa shape index (κ2) is 4.61. The summed E-state index contributed by atoms with van der Waals surface area (Å²) in [6.45, 7) is 1.57. The molecule has 1 aromatic heterocycles. The summed E-state index contributed by atoms with van der Waals surface area (Å²) in [5.41, 5.74) is 3.59. The molecule has 19 heavy (non-hydrogen) atoms. The fourth-order valence-electron chi connectivity index (χ4n) is 2.96. The van der Waals surface area contributed by atoms with Gasteiger partial charge in [-0.2, -0.15) is 0 Å². The average Bonchev–Trinajstić information content (AvgIpc) is 2.77. The predicted molar refractivity (Wildman–Crippen MR) is 74.3 cm³/mol. The van der Waals surface area contributed by atoms with Gasteiger partial charge in [-0.3, -0.25) is 4.79 Å². The first-order valence-corrected chi connectivity index (χ1v) is 6.64. The lowest BCUT2D eigenvalue weighted by atomic mass is 9.91. The van der Waals surface area contributed by atoms with E-state index in [9.17, 15) is 4.79 Å². The molecule has 0 fully saturated rings. The zero-order valence-electron chi connectivity index (χ0n) is 11.2. The highest BCUT2D eigenvalue weighted by atomic mass is 16.5. The van der Waals surface area contributed by atoms with Crippen LogP contribution in [0.15, 0.2) is 18.2 Å². The molecule has 1 amide bonds. The number of nitrogens with one attached hydrogen (secondary N) is 2. The van der Waals surface area contributed by atoms with Crippen LogP contribution in [-0.2, 0) is 11.2 Å². The summed E-state index contributed by atoms with van der Waals surface area (Å²) in [5, 5.41) is 4.24. The van der Waals surface area contributed by atoms with Crippen molar-refractivity contribution in [2.24, 2.45) is 0 Å². The van der Waals surface area contributed by atoms with E-state index in [4.69, 9.17) is 4.74 Å². The summed E-state index contributed by atoms with van der Waals surface area (Å²) in [6, 6.07) is 6.18. The molecule has 2 aromatic rings. The lowest BCUT2D eigenvalue weighted by molar-refractivity contribution is -0.119. The van der Waals surface area contributed by atoms with Crippen molar-refractivity contribution in [3.63, 3.8) is 0 Å². The molecule has 0 spiro atoms. The van der Waals surface area contributed by atoms with E-state index in [1.54, 1.807) is 14.0 Å². The van der Waals surface area contributed by atoms with Crippen molar-refractivity contribution in [3.05, 3.63) is 29.5 Å². The third-order valence-corrected chi connectivity index (χ3v) is 3.79. The van der Waals surface area contributed by atoms with Crippen LogP contribution in [0.2, 0.25) is 0 Å². The van der Waals surface area contributed by atoms with Crippen LogP contribution in [0.4, 0.5) is 0 Å². The second-order valence-electron chi connectivity index (χ2n) is 5.07. The smallest absolute Gasteiger partial charge is 0.217 e. The van der Waals surface area contributed by atoms with E-state index in [1.165, 1.54) is 10.9 Å². The topological polar surface area (TPSA) is 54.1 Å². The van der Waals surface area contributed by atoms with Gasteiger partial charge in [-0.05, 0) is 43.0 Å². The van der Waals surface area contributed by atoms with E-state index in [1.807, 2.05) is 12.1 Å². The van der Waals surface area contributed by atoms with Crippen molar-refractivity contribution in [2.75, 3.05) is 7.11 Å². The third kappa shape index (κ3) is 2.07. The minimum atomic E-state index is 0.0223. The third-order valence-electron chi connectivity index (χ3n) is 3.79. The largest absolute Gasteiger partial charge is 0.497 e. The molecule has 4 nitrogen and oxygen atoms in total. The van der Waals surface area contributed by atoms with Crippen LogP contribution in [0.25, 0.3) is 10.9 Å². The first-order valence-electron chi connectivity index (χ1n) is 6.64. The lowest BCUT2D eigenvalue weighted by Crippen LogP contribution is -2.28. The van der Waals surface area contributed by atoms with Gasteiger partial charge in [0.1, 0.15) is 5.75 Å². The number of rotatable bonds is 2. The number of ether oxygens (including phenoxy) is 1. The maximum absolute atomic E-state index is 11.3. The van der Waals surface area contributed by atoms with Gasteiger partial charge in [-0.15, -0.1) is 0 Å². The summed E-state index contributed by atoms with van der Waals surface area (Å²) in [5.74, 6) is 0.894. The zero-order chi connectivity index (χ0) is 13.4. The number of hydrogen-bond donors (Lipinski definition) is 2. The van der Waals surface area contributed by atoms with Crippen molar-refractivity contribution in [1.29, 1.82) is 0 Å². The van der Waals surface area contributed by atoms with Gasteiger partial charge < -0.3 is 15.0 Å². The predicted octanol–water partition coefficient (Wildman–Crippen LogP) is 2.69. The van der Waals surface area contributed by atoms with E-state index in [2.05, 4.69) is 16.4 Å². The van der Waals surface area contributed by atoms with Crippen LogP contribution in [0.1, 0.15) is 37.1 Å². The first-order chi connectivity index (χ1) is 9.19. The van der Waals surface area contributed by atoms with E-state index in [0.29, 0.717) is 0 Å². The van der Waals surface area contributed by atoms with Crippen LogP contribution < -0.4 is 10.1 Å². The molecule has 4 heteroatoms. The van der Waals surface area contributed by atoms with Gasteiger partial charge in [-0.1, -0.05) is 0 Å². The van der Waals surface area contributed by atoms with Crippen LogP contribution in [0, 0.1) is 0 Å². The Morgan fingerprint density at radius 3 is 3.05 bits per heavy atom. The Morgan fingerprint density at radius 1 is 1.47 bits per heavy atom. The molecule has 1 aliphatic carbocycles. The van der Waals surface area contributed by atoms with Crippen molar-refractivity contribution in [2.45, 2.75) is 32.2 Å². The molecular formula is C15H18N2O2. The number of hydrogen-bond acceptors (Lipinski definition) is 2. The molecule has 2 N–H and O–H groups in total. The first kappa shape index (κ1) is 12.1. The van der Waals surface area contributed by atoms with Gasteiger partial charge in [-0.25, -0.2) is 0 Å². The maximum atomic E-state index is 11.3. The fourth-order valence-corrected chi connectivity index (χ4v) is 2.96. The average molecular weight is 258 g/mol. The number of aryl methyl sites for hydroxylation is 1. The normalized spacial score (nSPS) is 18.1. The molecule has 100 valence electrons. The molecule has 1 aliphatic rings. The van der Waals surface area contributed by atoms with Gasteiger partial charge in [0.15, 0.2) is 0 Å². The molecule has 1 aromatic carbocycles. The highest BCUT2D eigenvalue weighted by Gasteiger charge is 2.24. The minimum absolute atomic E-state index is 0.0223. The minimum Gasteiger partial charge on any atom is -0.497 e. The lowest BCUT2D eigenvalue weighted by Gasteiger charge is -2.23. The van der Waals surface area contributed by atoms with Crippen LogP contribution in [-0.4, -0.2) is 18.0 Å². The second-order valence-corrected chi connectivity index (χ2v) is 5.07. The highest BCUT2D eigenvalue weighted by Crippen LogP contribution is 2.36. The number of carbonyl (C=O) groups is 1. The van der Waals surface area contributed by atoms with Crippen molar-refractivity contribution >= 4 is 16.8 Å². The molecule has 0 radical (unpaired) electrons. The number of aromatic amines is 1. The molecule has 3 rings (SSSR count). The number of aromatic nitrogens is 1. The summed E-state index contributed by atoms with van der Waals surface area (Å²) >= 11 is 0. The van der Waals surface area contributed by atoms with Gasteiger partial charge in [0.25, 0.3) is 0 Å². The molecule has 0 saturated carbocycles. The summed E-state index contributed by atoms with van der Waals surface area (Å²) in [7, 11) is 1.68. The Balaban J connectivity index is 2.10. The monoisotopic (exact) mass is 258 g/mol. The Kier molecular flexibility index (Phi) is 2.93. The van der Waals surface area contributed by atoms with E-state index < -0.39 is 0 Å². The van der Waals surface area contributed by atoms with Crippen molar-refractivity contribution in [1.82, 2.24) is 10.3 Å². The maximum Gasteiger partial charge on any atom is 0.217 e. The summed E-state index contributed by atoms with van der Waals surface area (Å²) in [6.07, 6.45) is 3.15. The quantitative estimate of drug-likeness (QED) is 0.870. The number of amides is 1. The zero-order valence-corrected chi connectivity index (χ0v) is 11.2. The van der Waals surface area contributed by atoms with Crippen LogP contribution in [0.3, 0.4) is 0 Å². The standard InChI is InChI=1S/C15H18N2O2/c1-9(18)16-14-5-3-4-11-12-8-10(19-2)6-7-13(12)17-15(11)14/h6-8,14,17H,3-5H2,1-2H3,(H,16,18)/t14-/m1/s1. The Hall–Kier alpha value is -1.97. The molecule has 0 aliphatic heterocycles. The van der Waals surface area contributed by atoms with E-state index in [-0.39, 0.29) is 11.9 Å². The number of fused-ring (bicyclic) bond motifs is 3. The molecule has 0 saturated heterocycles. The number of H-pyrrole nitrogens is 1. The van der Waals surface area contributed by atoms with Crippen molar-refractivity contribution < 1.29 is 9.53 Å². The fraction of sp³-hybridized carbons (Fsp3) is 0.400. The number of benzene rings is 1. The SMILES string of the molecule is COc1ccc2[nH]c3c(c2c1)CCC[C@H]3NC(C)=O. The molecular weight excluding hydrogens is 240 g/mol. The Morgan fingerprint density at radius 2 is 2.32 bits per heavy atom. The van der Waals surface area contributed by atoms with Gasteiger partial charge in [0.2, 0.25) is 5.91 Å². The Labute approximate surface area is 112 Å². The van der Waals surface area contributed by atoms with E-state index in [0.717, 1.165) is 36.2 Å². The van der Waals surface area contributed by atoms with Gasteiger partial charge >= 0.3 is 0 Å². The number of carbonyl (C=O) groups excluding carboxylic acids is 1. The molecule has 0 unspecified atom stereocenters. The highest BCUT2D eigenvalue weighted by molar-refractivity contribution is 5.86. The van der Waals surface area contributed by atoms with E-state index >= 15 is 0 Å². The van der Waals surface area contributed by atoms with Gasteiger partial charge in [0.05, 0.1) is 13.2 Å². The Bertz CT molecular complexity index is 630. The van der Waals surface area contributed by atoms with Crippen molar-refractivity contribution in [3.8, 4) is 5.75 Å². The molecule has 1 atom stereocenters. The van der Waals surface area contributed by atoms with Gasteiger partial charge in [0, 0.05) is 23.5 Å². The molecule has 0 bridgehead atoms. The molecule has 1 heterocycles.